The Balaban J connectivity index is 0.000000980. The lowest BCUT2D eigenvalue weighted by Gasteiger charge is -2.15. The van der Waals surface area contributed by atoms with Gasteiger partial charge in [0.1, 0.15) is 5.76 Å². The molecule has 1 aliphatic rings. The molecule has 0 radical (unpaired) electrons. The molecular weight excluding hydrogens is 269 g/mol. The molecule has 0 amide bonds. The molecule has 0 bridgehead atoms. The molecule has 1 aliphatic heterocycles. The van der Waals surface area contributed by atoms with Crippen LogP contribution in [0.25, 0.3) is 0 Å². The van der Waals surface area contributed by atoms with Crippen LogP contribution in [-0.4, -0.2) is 12.1 Å². The summed E-state index contributed by atoms with van der Waals surface area (Å²) in [5.74, 6) is 0.817. The van der Waals surface area contributed by atoms with Crippen LogP contribution in [0, 0.1) is 0 Å². The highest BCUT2D eigenvalue weighted by Crippen LogP contribution is 2.28. The minimum absolute atomic E-state index is 0. The van der Waals surface area contributed by atoms with Gasteiger partial charge in [0.05, 0.1) is 6.61 Å². The molecule has 1 N–H and O–H groups in total. The third-order valence-corrected chi connectivity index (χ3v) is 2.41. The number of hydrogen-bond donors (Lipinski definition) is 1. The van der Waals surface area contributed by atoms with Crippen LogP contribution in [0.3, 0.4) is 0 Å². The summed E-state index contributed by atoms with van der Waals surface area (Å²) in [5, 5.41) is 3.32. The van der Waals surface area contributed by atoms with E-state index in [0.717, 1.165) is 10.4 Å². The number of nitrogens with one attached hydrogen (secondary N) is 1. The fraction of sp³-hybridized carbons (Fsp3) is 0.556. The van der Waals surface area contributed by atoms with Crippen LogP contribution < -0.4 is 5.32 Å². The molecule has 80 valence electrons. The van der Waals surface area contributed by atoms with Crippen molar-refractivity contribution < 1.29 is 9.15 Å². The predicted molar refractivity (Wildman–Crippen MR) is 59.6 cm³/mol. The van der Waals surface area contributed by atoms with Gasteiger partial charge in [-0.05, 0) is 41.9 Å². The smallest absolute Gasteiger partial charge is 0.169 e. The SMILES string of the molecule is CC1(C)COC(c2ccc(Br)o2)N1.Cl. The van der Waals surface area contributed by atoms with Crippen LogP contribution in [0.5, 0.6) is 0 Å². The fourth-order valence-corrected chi connectivity index (χ4v) is 1.67. The molecule has 1 aromatic heterocycles. The third kappa shape index (κ3) is 2.51. The molecule has 1 saturated heterocycles. The Morgan fingerprint density at radius 1 is 1.50 bits per heavy atom. The summed E-state index contributed by atoms with van der Waals surface area (Å²) in [6, 6.07) is 3.77. The Labute approximate surface area is 97.7 Å². The van der Waals surface area contributed by atoms with E-state index in [-0.39, 0.29) is 24.2 Å². The molecule has 2 rings (SSSR count). The number of hydrogen-bond acceptors (Lipinski definition) is 3. The Hall–Kier alpha value is -0.0300. The van der Waals surface area contributed by atoms with Crippen molar-refractivity contribution in [2.75, 3.05) is 6.61 Å². The highest BCUT2D eigenvalue weighted by atomic mass is 79.9. The van der Waals surface area contributed by atoms with Gasteiger partial charge in [0.25, 0.3) is 0 Å². The van der Waals surface area contributed by atoms with Crippen molar-refractivity contribution in [1.29, 1.82) is 0 Å². The van der Waals surface area contributed by atoms with E-state index in [4.69, 9.17) is 9.15 Å². The maximum Gasteiger partial charge on any atom is 0.169 e. The van der Waals surface area contributed by atoms with Crippen LogP contribution in [0.15, 0.2) is 21.2 Å². The molecule has 1 fully saturated rings. The molecule has 1 aromatic rings. The summed E-state index contributed by atoms with van der Waals surface area (Å²) >= 11 is 3.26. The topological polar surface area (TPSA) is 34.4 Å². The highest BCUT2D eigenvalue weighted by molar-refractivity contribution is 9.10. The summed E-state index contributed by atoms with van der Waals surface area (Å²) in [7, 11) is 0. The summed E-state index contributed by atoms with van der Waals surface area (Å²) in [6.45, 7) is 4.91. The molecule has 1 atom stereocenters. The van der Waals surface area contributed by atoms with Gasteiger partial charge in [0, 0.05) is 5.54 Å². The van der Waals surface area contributed by atoms with Crippen molar-refractivity contribution in [3.63, 3.8) is 0 Å². The van der Waals surface area contributed by atoms with Gasteiger partial charge in [-0.15, -0.1) is 12.4 Å². The maximum absolute atomic E-state index is 5.54. The molecule has 0 aliphatic carbocycles. The standard InChI is InChI=1S/C9H12BrNO2.ClH/c1-9(2)5-12-8(11-9)6-3-4-7(10)13-6;/h3-4,8,11H,5H2,1-2H3;1H. The van der Waals surface area contributed by atoms with Crippen LogP contribution >= 0.6 is 28.3 Å². The van der Waals surface area contributed by atoms with Gasteiger partial charge in [0.15, 0.2) is 10.9 Å². The summed E-state index contributed by atoms with van der Waals surface area (Å²) in [6.07, 6.45) is -0.110. The van der Waals surface area contributed by atoms with E-state index >= 15 is 0 Å². The van der Waals surface area contributed by atoms with Gasteiger partial charge < -0.3 is 9.15 Å². The fourth-order valence-electron chi connectivity index (χ4n) is 1.35. The third-order valence-electron chi connectivity index (χ3n) is 1.99. The van der Waals surface area contributed by atoms with E-state index < -0.39 is 0 Å². The van der Waals surface area contributed by atoms with Crippen molar-refractivity contribution in [2.45, 2.75) is 25.6 Å². The van der Waals surface area contributed by atoms with E-state index in [1.54, 1.807) is 0 Å². The minimum atomic E-state index is -0.110. The Morgan fingerprint density at radius 2 is 2.21 bits per heavy atom. The monoisotopic (exact) mass is 281 g/mol. The van der Waals surface area contributed by atoms with Gasteiger partial charge in [-0.2, -0.15) is 0 Å². The Bertz CT molecular complexity index is 314. The molecule has 2 heterocycles. The normalized spacial score (nSPS) is 24.6. The second-order valence-electron chi connectivity index (χ2n) is 3.86. The first-order valence-corrected chi connectivity index (χ1v) is 5.01. The number of ether oxygens (including phenoxy) is 1. The van der Waals surface area contributed by atoms with Gasteiger partial charge in [-0.3, -0.25) is 5.32 Å². The summed E-state index contributed by atoms with van der Waals surface area (Å²) < 4.78 is 11.7. The van der Waals surface area contributed by atoms with Crippen LogP contribution in [0.4, 0.5) is 0 Å². The largest absolute Gasteiger partial charge is 0.450 e. The lowest BCUT2D eigenvalue weighted by molar-refractivity contribution is 0.0805. The van der Waals surface area contributed by atoms with Gasteiger partial charge >= 0.3 is 0 Å². The van der Waals surface area contributed by atoms with Crippen molar-refractivity contribution in [2.24, 2.45) is 0 Å². The van der Waals surface area contributed by atoms with E-state index in [9.17, 15) is 0 Å². The van der Waals surface area contributed by atoms with Crippen molar-refractivity contribution in [1.82, 2.24) is 5.32 Å². The number of halogens is 2. The van der Waals surface area contributed by atoms with Crippen molar-refractivity contribution >= 4 is 28.3 Å². The molecular formula is C9H13BrClNO2. The van der Waals surface area contributed by atoms with Crippen molar-refractivity contribution in [3.05, 3.63) is 22.6 Å². The van der Waals surface area contributed by atoms with Crippen molar-refractivity contribution in [3.8, 4) is 0 Å². The first kappa shape index (κ1) is 12.0. The first-order valence-electron chi connectivity index (χ1n) is 4.21. The second kappa shape index (κ2) is 4.23. The zero-order valence-electron chi connectivity index (χ0n) is 8.04. The molecule has 14 heavy (non-hydrogen) atoms. The van der Waals surface area contributed by atoms with Gasteiger partial charge in [-0.1, -0.05) is 0 Å². The molecule has 0 spiro atoms. The van der Waals surface area contributed by atoms with Gasteiger partial charge in [0.2, 0.25) is 0 Å². The van der Waals surface area contributed by atoms with E-state index in [2.05, 4.69) is 35.1 Å². The highest BCUT2D eigenvalue weighted by Gasteiger charge is 2.33. The molecule has 1 unspecified atom stereocenters. The minimum Gasteiger partial charge on any atom is -0.450 e. The zero-order valence-corrected chi connectivity index (χ0v) is 10.4. The molecule has 0 saturated carbocycles. The quantitative estimate of drug-likeness (QED) is 0.860. The maximum atomic E-state index is 5.54. The lowest BCUT2D eigenvalue weighted by atomic mass is 10.1. The van der Waals surface area contributed by atoms with Crippen LogP contribution in [-0.2, 0) is 4.74 Å². The van der Waals surface area contributed by atoms with Crippen LogP contribution in [0.2, 0.25) is 0 Å². The van der Waals surface area contributed by atoms with Crippen LogP contribution in [0.1, 0.15) is 25.8 Å². The van der Waals surface area contributed by atoms with E-state index in [1.807, 2.05) is 12.1 Å². The molecule has 0 aromatic carbocycles. The lowest BCUT2D eigenvalue weighted by Crippen LogP contribution is -2.35. The van der Waals surface area contributed by atoms with E-state index in [0.29, 0.717) is 6.61 Å². The Kier molecular flexibility index (Phi) is 3.63. The average molecular weight is 283 g/mol. The number of furan rings is 1. The first-order chi connectivity index (χ1) is 6.07. The average Bonchev–Trinajstić information content (AvgIpc) is 2.56. The number of rotatable bonds is 1. The second-order valence-corrected chi connectivity index (χ2v) is 4.64. The summed E-state index contributed by atoms with van der Waals surface area (Å²) in [4.78, 5) is 0. The summed E-state index contributed by atoms with van der Waals surface area (Å²) in [5.41, 5.74) is 0.0317. The molecule has 3 nitrogen and oxygen atoms in total. The van der Waals surface area contributed by atoms with E-state index in [1.165, 1.54) is 0 Å². The molecule has 5 heteroatoms. The Morgan fingerprint density at radius 3 is 2.64 bits per heavy atom. The zero-order chi connectivity index (χ0) is 9.47. The predicted octanol–water partition coefficient (Wildman–Crippen LogP) is 2.86. The van der Waals surface area contributed by atoms with Gasteiger partial charge in [-0.25, -0.2) is 0 Å².